The second-order valence-corrected chi connectivity index (χ2v) is 6.46. The van der Waals surface area contributed by atoms with Crippen molar-refractivity contribution in [2.24, 2.45) is 0 Å². The van der Waals surface area contributed by atoms with Crippen molar-refractivity contribution < 1.29 is 18.0 Å². The van der Waals surface area contributed by atoms with Crippen LogP contribution in [-0.2, 0) is 11.2 Å². The van der Waals surface area contributed by atoms with Gasteiger partial charge in [-0.2, -0.15) is 13.2 Å². The van der Waals surface area contributed by atoms with Crippen molar-refractivity contribution in [1.82, 2.24) is 15.5 Å². The minimum Gasteiger partial charge on any atom is -0.354 e. The molecule has 8 heteroatoms. The number of benzene rings is 2. The summed E-state index contributed by atoms with van der Waals surface area (Å²) in [5, 5.41) is 7.47. The summed E-state index contributed by atoms with van der Waals surface area (Å²) < 4.78 is 40.1. The second-order valence-electron chi connectivity index (χ2n) is 6.46. The zero-order chi connectivity index (χ0) is 18.6. The molecule has 1 unspecified atom stereocenters. The van der Waals surface area contributed by atoms with Crippen LogP contribution < -0.4 is 10.6 Å². The van der Waals surface area contributed by atoms with Crippen molar-refractivity contribution in [1.29, 1.82) is 0 Å². The van der Waals surface area contributed by atoms with Gasteiger partial charge in [-0.15, -0.1) is 12.4 Å². The summed E-state index contributed by atoms with van der Waals surface area (Å²) in [7, 11) is 0. The summed E-state index contributed by atoms with van der Waals surface area (Å²) in [6.45, 7) is 1.27. The SMILES string of the molecule is Cl.O=C(Cc1cccc2ccccc12)NCC(N1CCNCC1)C(F)(F)F. The first-order chi connectivity index (χ1) is 12.4. The zero-order valence-corrected chi connectivity index (χ0v) is 15.6. The highest BCUT2D eigenvalue weighted by Gasteiger charge is 2.43. The Bertz CT molecular complexity index is 758. The molecule has 1 aliphatic heterocycles. The van der Waals surface area contributed by atoms with Crippen molar-refractivity contribution >= 4 is 29.1 Å². The van der Waals surface area contributed by atoms with Gasteiger partial charge >= 0.3 is 6.18 Å². The maximum atomic E-state index is 13.4. The van der Waals surface area contributed by atoms with Gasteiger partial charge in [0.2, 0.25) is 5.91 Å². The highest BCUT2D eigenvalue weighted by atomic mass is 35.5. The fourth-order valence-electron chi connectivity index (χ4n) is 3.34. The standard InChI is InChI=1S/C19H22F3N3O.ClH/c20-19(21,22)17(25-10-8-23-9-11-25)13-24-18(26)12-15-6-3-5-14-4-1-2-7-16(14)15;/h1-7,17,23H,8-13H2,(H,24,26);1H. The maximum absolute atomic E-state index is 13.4. The number of carbonyl (C=O) groups excluding carboxylic acids is 1. The number of halogens is 4. The van der Waals surface area contributed by atoms with Gasteiger partial charge in [-0.1, -0.05) is 42.5 Å². The first-order valence-corrected chi connectivity index (χ1v) is 8.70. The van der Waals surface area contributed by atoms with Crippen molar-refractivity contribution in [2.75, 3.05) is 32.7 Å². The van der Waals surface area contributed by atoms with Gasteiger partial charge in [0.25, 0.3) is 0 Å². The van der Waals surface area contributed by atoms with E-state index in [1.807, 2.05) is 42.5 Å². The molecule has 148 valence electrons. The first-order valence-electron chi connectivity index (χ1n) is 8.70. The monoisotopic (exact) mass is 401 g/mol. The number of carbonyl (C=O) groups is 1. The molecular formula is C19H23ClF3N3O. The van der Waals surface area contributed by atoms with Crippen molar-refractivity contribution in [2.45, 2.75) is 18.6 Å². The molecule has 0 radical (unpaired) electrons. The van der Waals surface area contributed by atoms with Crippen LogP contribution in [0.1, 0.15) is 5.56 Å². The van der Waals surface area contributed by atoms with Crippen LogP contribution in [0.3, 0.4) is 0 Å². The molecule has 2 aromatic carbocycles. The van der Waals surface area contributed by atoms with E-state index in [1.165, 1.54) is 4.90 Å². The molecule has 0 spiro atoms. The molecule has 4 nitrogen and oxygen atoms in total. The predicted octanol–water partition coefficient (Wildman–Crippen LogP) is 2.76. The van der Waals surface area contributed by atoms with Crippen LogP contribution in [-0.4, -0.2) is 55.7 Å². The van der Waals surface area contributed by atoms with Crippen molar-refractivity contribution in [3.63, 3.8) is 0 Å². The van der Waals surface area contributed by atoms with Crippen molar-refractivity contribution in [3.05, 3.63) is 48.0 Å². The molecule has 0 aliphatic carbocycles. The van der Waals surface area contributed by atoms with Crippen LogP contribution >= 0.6 is 12.4 Å². The maximum Gasteiger partial charge on any atom is 0.405 e. The summed E-state index contributed by atoms with van der Waals surface area (Å²) >= 11 is 0. The number of nitrogens with one attached hydrogen (secondary N) is 2. The number of rotatable bonds is 5. The highest BCUT2D eigenvalue weighted by molar-refractivity contribution is 5.90. The van der Waals surface area contributed by atoms with E-state index in [-0.39, 0.29) is 18.8 Å². The van der Waals surface area contributed by atoms with E-state index in [2.05, 4.69) is 10.6 Å². The lowest BCUT2D eigenvalue weighted by Crippen LogP contribution is -2.57. The van der Waals surface area contributed by atoms with Crippen LogP contribution in [0.2, 0.25) is 0 Å². The van der Waals surface area contributed by atoms with Crippen LogP contribution in [0.5, 0.6) is 0 Å². The minimum absolute atomic E-state index is 0. The second kappa shape index (κ2) is 9.39. The Balaban J connectivity index is 0.00000261. The normalized spacial score (nSPS) is 16.6. The molecule has 3 rings (SSSR count). The van der Waals surface area contributed by atoms with E-state index in [0.29, 0.717) is 26.2 Å². The summed E-state index contributed by atoms with van der Waals surface area (Å²) in [5.41, 5.74) is 0.811. The Morgan fingerprint density at radius 1 is 1.11 bits per heavy atom. The number of hydrogen-bond acceptors (Lipinski definition) is 3. The molecule has 0 saturated carbocycles. The Labute approximate surface area is 162 Å². The van der Waals surface area contributed by atoms with E-state index in [4.69, 9.17) is 0 Å². The van der Waals surface area contributed by atoms with Gasteiger partial charge in [0, 0.05) is 32.7 Å². The quantitative estimate of drug-likeness (QED) is 0.809. The third kappa shape index (κ3) is 5.57. The van der Waals surface area contributed by atoms with Gasteiger partial charge in [0.05, 0.1) is 6.42 Å². The lowest BCUT2D eigenvalue weighted by atomic mass is 10.0. The molecule has 27 heavy (non-hydrogen) atoms. The summed E-state index contributed by atoms with van der Waals surface area (Å²) in [6, 6.07) is 11.6. The van der Waals surface area contributed by atoms with Crippen LogP contribution in [0, 0.1) is 0 Å². The third-order valence-corrected chi connectivity index (χ3v) is 4.69. The Kier molecular flexibility index (Phi) is 7.47. The molecule has 2 aromatic rings. The highest BCUT2D eigenvalue weighted by Crippen LogP contribution is 2.25. The smallest absolute Gasteiger partial charge is 0.354 e. The fourth-order valence-corrected chi connectivity index (χ4v) is 3.34. The largest absolute Gasteiger partial charge is 0.405 e. The molecule has 0 aromatic heterocycles. The van der Waals surface area contributed by atoms with E-state index in [1.54, 1.807) is 0 Å². The Morgan fingerprint density at radius 2 is 1.78 bits per heavy atom. The third-order valence-electron chi connectivity index (χ3n) is 4.69. The number of alkyl halides is 3. The van der Waals surface area contributed by atoms with Gasteiger partial charge in [0.15, 0.2) is 0 Å². The lowest BCUT2D eigenvalue weighted by molar-refractivity contribution is -0.184. The number of hydrogen-bond donors (Lipinski definition) is 2. The molecule has 0 bridgehead atoms. The molecule has 1 aliphatic rings. The molecular weight excluding hydrogens is 379 g/mol. The Hall–Kier alpha value is -1.83. The summed E-state index contributed by atoms with van der Waals surface area (Å²) in [5.74, 6) is -0.397. The fraction of sp³-hybridized carbons (Fsp3) is 0.421. The van der Waals surface area contributed by atoms with Gasteiger partial charge in [-0.3, -0.25) is 9.69 Å². The molecule has 1 heterocycles. The average Bonchev–Trinajstić information content (AvgIpc) is 2.62. The molecule has 1 amide bonds. The number of fused-ring (bicyclic) bond motifs is 1. The summed E-state index contributed by atoms with van der Waals surface area (Å²) in [6.07, 6.45) is -4.31. The van der Waals surface area contributed by atoms with E-state index >= 15 is 0 Å². The summed E-state index contributed by atoms with van der Waals surface area (Å²) in [4.78, 5) is 13.6. The van der Waals surface area contributed by atoms with E-state index in [9.17, 15) is 18.0 Å². The number of nitrogens with zero attached hydrogens (tertiary/aromatic N) is 1. The molecule has 1 atom stereocenters. The lowest BCUT2D eigenvalue weighted by Gasteiger charge is -2.35. The van der Waals surface area contributed by atoms with Crippen LogP contribution in [0.15, 0.2) is 42.5 Å². The van der Waals surface area contributed by atoms with Crippen LogP contribution in [0.4, 0.5) is 13.2 Å². The zero-order valence-electron chi connectivity index (χ0n) is 14.8. The molecule has 2 N–H and O–H groups in total. The van der Waals surface area contributed by atoms with Crippen LogP contribution in [0.25, 0.3) is 10.8 Å². The average molecular weight is 402 g/mol. The van der Waals surface area contributed by atoms with Gasteiger partial charge < -0.3 is 10.6 Å². The Morgan fingerprint density at radius 3 is 2.48 bits per heavy atom. The molecule has 1 fully saturated rings. The first kappa shape index (κ1) is 21.5. The van der Waals surface area contributed by atoms with E-state index < -0.39 is 24.7 Å². The number of piperazine rings is 1. The van der Waals surface area contributed by atoms with Gasteiger partial charge in [-0.05, 0) is 16.3 Å². The van der Waals surface area contributed by atoms with Gasteiger partial charge in [-0.25, -0.2) is 0 Å². The topological polar surface area (TPSA) is 44.4 Å². The minimum atomic E-state index is -4.37. The van der Waals surface area contributed by atoms with Gasteiger partial charge in [0.1, 0.15) is 6.04 Å². The molecule has 1 saturated heterocycles. The number of amides is 1. The predicted molar refractivity (Wildman–Crippen MR) is 102 cm³/mol. The van der Waals surface area contributed by atoms with Crippen molar-refractivity contribution in [3.8, 4) is 0 Å². The van der Waals surface area contributed by atoms with E-state index in [0.717, 1.165) is 16.3 Å².